The number of carbonyl (C=O) groups is 3. The Bertz CT molecular complexity index is 1100. The van der Waals surface area contributed by atoms with Gasteiger partial charge >= 0.3 is 5.97 Å². The van der Waals surface area contributed by atoms with Crippen molar-refractivity contribution in [3.8, 4) is 0 Å². The second-order valence-electron chi connectivity index (χ2n) is 7.44. The maximum atomic E-state index is 12.3. The molecule has 0 unspecified atom stereocenters. The second-order valence-corrected chi connectivity index (χ2v) is 7.44. The van der Waals surface area contributed by atoms with E-state index in [-0.39, 0.29) is 25.4 Å². The first kappa shape index (κ1) is 23.0. The number of fused-ring (bicyclic) bond motifs is 1. The molecule has 6 nitrogen and oxygen atoms in total. The summed E-state index contributed by atoms with van der Waals surface area (Å²) in [4.78, 5) is 36.6. The Kier molecular flexibility index (Phi) is 7.97. The van der Waals surface area contributed by atoms with Crippen LogP contribution in [-0.2, 0) is 32.0 Å². The van der Waals surface area contributed by atoms with Gasteiger partial charge in [0.15, 0.2) is 6.61 Å². The summed E-state index contributed by atoms with van der Waals surface area (Å²) in [6, 6.07) is 19.3. The largest absolute Gasteiger partial charge is 0.456 e. The predicted octanol–water partition coefficient (Wildman–Crippen LogP) is 4.87. The third kappa shape index (κ3) is 5.94. The van der Waals surface area contributed by atoms with Crippen molar-refractivity contribution in [2.45, 2.75) is 39.5 Å². The third-order valence-electron chi connectivity index (χ3n) is 5.25. The van der Waals surface area contributed by atoms with Crippen LogP contribution in [0.25, 0.3) is 10.8 Å². The summed E-state index contributed by atoms with van der Waals surface area (Å²) in [5.41, 5.74) is 3.55. The van der Waals surface area contributed by atoms with Gasteiger partial charge in [-0.15, -0.1) is 0 Å². The van der Waals surface area contributed by atoms with Crippen LogP contribution < -0.4 is 10.6 Å². The van der Waals surface area contributed by atoms with Crippen molar-refractivity contribution in [3.63, 3.8) is 0 Å². The number of rotatable bonds is 9. The highest BCUT2D eigenvalue weighted by Crippen LogP contribution is 2.24. The van der Waals surface area contributed by atoms with E-state index in [1.807, 2.05) is 74.5 Å². The number of para-hydroxylation sites is 1. The van der Waals surface area contributed by atoms with E-state index in [1.165, 1.54) is 0 Å². The smallest absolute Gasteiger partial charge is 0.306 e. The van der Waals surface area contributed by atoms with Crippen LogP contribution >= 0.6 is 0 Å². The molecule has 0 saturated carbocycles. The van der Waals surface area contributed by atoms with Gasteiger partial charge in [0, 0.05) is 23.2 Å². The molecule has 0 heterocycles. The maximum Gasteiger partial charge on any atom is 0.306 e. The molecule has 2 N–H and O–H groups in total. The average molecular weight is 433 g/mol. The average Bonchev–Trinajstić information content (AvgIpc) is 2.81. The van der Waals surface area contributed by atoms with Crippen LogP contribution in [0.15, 0.2) is 60.7 Å². The fraction of sp³-hybridized carbons (Fsp3) is 0.269. The zero-order valence-electron chi connectivity index (χ0n) is 18.4. The molecule has 166 valence electrons. The highest BCUT2D eigenvalue weighted by Gasteiger charge is 2.14. The van der Waals surface area contributed by atoms with E-state index in [9.17, 15) is 14.4 Å². The number of esters is 1. The Morgan fingerprint density at radius 2 is 1.41 bits per heavy atom. The molecule has 3 rings (SSSR count). The lowest BCUT2D eigenvalue weighted by Crippen LogP contribution is -2.23. The summed E-state index contributed by atoms with van der Waals surface area (Å²) >= 11 is 0. The van der Waals surface area contributed by atoms with Gasteiger partial charge in [-0.1, -0.05) is 68.4 Å². The van der Waals surface area contributed by atoms with Crippen molar-refractivity contribution < 1.29 is 19.1 Å². The van der Waals surface area contributed by atoms with Gasteiger partial charge in [-0.05, 0) is 35.4 Å². The Balaban J connectivity index is 1.47. The van der Waals surface area contributed by atoms with Gasteiger partial charge in [0.1, 0.15) is 0 Å². The second kappa shape index (κ2) is 11.1. The molecular weight excluding hydrogens is 404 g/mol. The SMILES string of the molecule is CCc1cccc(CC)c1NC(=O)COC(=O)CCC(=O)Nc1cccc2ccccc12. The standard InChI is InChI=1S/C26H28N2O4/c1-3-18-10-7-11-19(4-2)26(18)28-24(30)17-32-25(31)16-15-23(29)27-22-14-8-12-20-9-5-6-13-21(20)22/h5-14H,3-4,15-17H2,1-2H3,(H,27,29)(H,28,30). The van der Waals surface area contributed by atoms with E-state index in [0.717, 1.165) is 40.4 Å². The molecule has 0 aromatic heterocycles. The molecule has 32 heavy (non-hydrogen) atoms. The summed E-state index contributed by atoms with van der Waals surface area (Å²) < 4.78 is 5.06. The highest BCUT2D eigenvalue weighted by atomic mass is 16.5. The minimum atomic E-state index is -0.590. The van der Waals surface area contributed by atoms with Crippen LogP contribution in [0, 0.1) is 0 Å². The number of benzene rings is 3. The minimum Gasteiger partial charge on any atom is -0.456 e. The molecule has 0 saturated heterocycles. The van der Waals surface area contributed by atoms with Crippen molar-refractivity contribution in [3.05, 3.63) is 71.8 Å². The summed E-state index contributed by atoms with van der Waals surface area (Å²) in [6.45, 7) is 3.66. The molecular formula is C26H28N2O4. The Morgan fingerprint density at radius 3 is 2.12 bits per heavy atom. The number of nitrogens with one attached hydrogen (secondary N) is 2. The molecule has 0 aliphatic rings. The topological polar surface area (TPSA) is 84.5 Å². The third-order valence-corrected chi connectivity index (χ3v) is 5.25. The van der Waals surface area contributed by atoms with Gasteiger partial charge in [0.2, 0.25) is 5.91 Å². The van der Waals surface area contributed by atoms with Gasteiger partial charge in [-0.2, -0.15) is 0 Å². The van der Waals surface area contributed by atoms with E-state index in [2.05, 4.69) is 10.6 Å². The van der Waals surface area contributed by atoms with Gasteiger partial charge in [0.25, 0.3) is 5.91 Å². The predicted molar refractivity (Wildman–Crippen MR) is 127 cm³/mol. The number of amides is 2. The Hall–Kier alpha value is -3.67. The summed E-state index contributed by atoms with van der Waals surface area (Å²) in [5.74, 6) is -1.27. The quantitative estimate of drug-likeness (QED) is 0.473. The number of ether oxygens (including phenoxy) is 1. The van der Waals surface area contributed by atoms with Crippen LogP contribution in [0.2, 0.25) is 0 Å². The fourth-order valence-electron chi connectivity index (χ4n) is 3.56. The van der Waals surface area contributed by atoms with Crippen molar-refractivity contribution in [1.82, 2.24) is 0 Å². The number of aryl methyl sites for hydroxylation is 2. The highest BCUT2D eigenvalue weighted by molar-refractivity contribution is 6.02. The number of anilines is 2. The lowest BCUT2D eigenvalue weighted by Gasteiger charge is -2.14. The normalized spacial score (nSPS) is 10.6. The molecule has 0 atom stereocenters. The number of hydrogen-bond acceptors (Lipinski definition) is 4. The molecule has 0 bridgehead atoms. The van der Waals surface area contributed by atoms with E-state index in [0.29, 0.717) is 5.69 Å². The molecule has 0 aliphatic carbocycles. The molecule has 0 aliphatic heterocycles. The van der Waals surface area contributed by atoms with Crippen LogP contribution in [0.5, 0.6) is 0 Å². The Labute approximate surface area is 188 Å². The van der Waals surface area contributed by atoms with Crippen LogP contribution in [0.1, 0.15) is 37.8 Å². The van der Waals surface area contributed by atoms with Gasteiger partial charge in [0.05, 0.1) is 6.42 Å². The van der Waals surface area contributed by atoms with Crippen molar-refractivity contribution >= 4 is 39.9 Å². The summed E-state index contributed by atoms with van der Waals surface area (Å²) in [6.07, 6.45) is 1.45. The van der Waals surface area contributed by atoms with Crippen LogP contribution in [0.3, 0.4) is 0 Å². The molecule has 0 fully saturated rings. The molecule has 0 spiro atoms. The van der Waals surface area contributed by atoms with Gasteiger partial charge < -0.3 is 15.4 Å². The fourth-order valence-corrected chi connectivity index (χ4v) is 3.56. The van der Waals surface area contributed by atoms with E-state index in [4.69, 9.17) is 4.74 Å². The van der Waals surface area contributed by atoms with E-state index in [1.54, 1.807) is 0 Å². The Morgan fingerprint density at radius 1 is 0.750 bits per heavy atom. The lowest BCUT2D eigenvalue weighted by molar-refractivity contribution is -0.147. The number of hydrogen-bond donors (Lipinski definition) is 2. The first-order chi connectivity index (χ1) is 15.5. The minimum absolute atomic E-state index is 0.0255. The van der Waals surface area contributed by atoms with Gasteiger partial charge in [-0.3, -0.25) is 14.4 Å². The zero-order valence-corrected chi connectivity index (χ0v) is 18.4. The first-order valence-electron chi connectivity index (χ1n) is 10.9. The van der Waals surface area contributed by atoms with Crippen molar-refractivity contribution in [2.75, 3.05) is 17.2 Å². The van der Waals surface area contributed by atoms with Crippen LogP contribution in [0.4, 0.5) is 11.4 Å². The van der Waals surface area contributed by atoms with Gasteiger partial charge in [-0.25, -0.2) is 0 Å². The zero-order chi connectivity index (χ0) is 22.9. The number of carbonyl (C=O) groups excluding carboxylic acids is 3. The summed E-state index contributed by atoms with van der Waals surface area (Å²) in [7, 11) is 0. The van der Waals surface area contributed by atoms with E-state index < -0.39 is 11.9 Å². The molecule has 2 amide bonds. The first-order valence-corrected chi connectivity index (χ1v) is 10.9. The molecule has 0 radical (unpaired) electrons. The van der Waals surface area contributed by atoms with Crippen molar-refractivity contribution in [1.29, 1.82) is 0 Å². The van der Waals surface area contributed by atoms with E-state index >= 15 is 0 Å². The monoisotopic (exact) mass is 432 g/mol. The van der Waals surface area contributed by atoms with Crippen LogP contribution in [-0.4, -0.2) is 24.4 Å². The molecule has 3 aromatic carbocycles. The lowest BCUT2D eigenvalue weighted by atomic mass is 10.0. The van der Waals surface area contributed by atoms with Crippen molar-refractivity contribution in [2.24, 2.45) is 0 Å². The maximum absolute atomic E-state index is 12.3. The molecule has 6 heteroatoms. The molecule has 3 aromatic rings. The summed E-state index contributed by atoms with van der Waals surface area (Å²) in [5, 5.41) is 7.64.